The number of anilines is 1. The molecule has 0 atom stereocenters. The van der Waals surface area contributed by atoms with E-state index in [4.69, 9.17) is 0 Å². The first-order valence-corrected chi connectivity index (χ1v) is 8.87. The number of nitrogens with zero attached hydrogens (tertiary/aromatic N) is 5. The van der Waals surface area contributed by atoms with Crippen molar-refractivity contribution < 1.29 is 18.9 Å². The number of hydrogen-bond acceptors (Lipinski definition) is 7. The van der Waals surface area contributed by atoms with E-state index in [-0.39, 0.29) is 23.4 Å². The maximum atomic E-state index is 13.0. The average molecular weight is 425 g/mol. The molecule has 0 bridgehead atoms. The van der Waals surface area contributed by atoms with Crippen LogP contribution in [0.15, 0.2) is 60.0 Å². The Morgan fingerprint density at radius 3 is 2.55 bits per heavy atom. The van der Waals surface area contributed by atoms with Crippen LogP contribution in [0.25, 0.3) is 0 Å². The molecule has 2 amide bonds. The van der Waals surface area contributed by atoms with Crippen molar-refractivity contribution in [2.45, 2.75) is 13.5 Å². The van der Waals surface area contributed by atoms with Crippen molar-refractivity contribution in [1.82, 2.24) is 20.2 Å². The third-order valence-electron chi connectivity index (χ3n) is 3.95. The zero-order valence-electron chi connectivity index (χ0n) is 16.2. The van der Waals surface area contributed by atoms with Gasteiger partial charge in [0.1, 0.15) is 5.82 Å². The van der Waals surface area contributed by atoms with Gasteiger partial charge >= 0.3 is 5.95 Å². The predicted molar refractivity (Wildman–Crippen MR) is 108 cm³/mol. The lowest BCUT2D eigenvalue weighted by atomic mass is 10.1. The molecule has 158 valence electrons. The molecule has 2 N–H and O–H groups in total. The Hall–Kier alpha value is -4.48. The molecule has 0 aliphatic heterocycles. The molecule has 1 heterocycles. The number of rotatable bonds is 7. The maximum absolute atomic E-state index is 13.0. The minimum Gasteiger partial charge on any atom is -0.390 e. The van der Waals surface area contributed by atoms with E-state index < -0.39 is 28.5 Å². The summed E-state index contributed by atoms with van der Waals surface area (Å²) in [5.74, 6) is -2.10. The molecule has 0 saturated heterocycles. The van der Waals surface area contributed by atoms with Crippen LogP contribution >= 0.6 is 0 Å². The van der Waals surface area contributed by atoms with Gasteiger partial charge in [0.15, 0.2) is 0 Å². The van der Waals surface area contributed by atoms with Gasteiger partial charge in [0.05, 0.1) is 23.5 Å². The first-order chi connectivity index (χ1) is 14.8. The number of nitrogens with one attached hydrogen (secondary N) is 2. The molecule has 11 nitrogen and oxygen atoms in total. The number of carbonyl (C=O) groups excluding carboxylic acids is 2. The Kier molecular flexibility index (Phi) is 6.40. The fraction of sp³-hybridized carbons (Fsp3) is 0.105. The molecule has 0 unspecified atom stereocenters. The van der Waals surface area contributed by atoms with E-state index >= 15 is 0 Å². The van der Waals surface area contributed by atoms with Crippen molar-refractivity contribution in [2.24, 2.45) is 5.10 Å². The Labute approximate surface area is 174 Å². The standard InChI is InChI=1S/C19H16FN7O4/c1-12(10-26-11-21-19(25-26)27(30)31)23-24-18(29)15-4-2-3-5-16(15)22-17(28)13-6-8-14(20)9-7-13/h2-9,11H,10H2,1H3,(H,22,28)(H,24,29)/b23-12-. The third-order valence-corrected chi connectivity index (χ3v) is 3.95. The number of halogens is 1. The summed E-state index contributed by atoms with van der Waals surface area (Å²) in [6, 6.07) is 11.3. The Balaban J connectivity index is 1.67. The molecule has 0 radical (unpaired) electrons. The maximum Gasteiger partial charge on any atom is 0.490 e. The molecule has 0 aliphatic carbocycles. The van der Waals surface area contributed by atoms with Crippen LogP contribution in [0.1, 0.15) is 27.6 Å². The van der Waals surface area contributed by atoms with Crippen LogP contribution in [0.5, 0.6) is 0 Å². The zero-order chi connectivity index (χ0) is 22.4. The molecular weight excluding hydrogens is 409 g/mol. The SMILES string of the molecule is C/C(Cn1cnc([N+](=O)[O-])n1)=N/NC(=O)c1ccccc1NC(=O)c1ccc(F)cc1. The second kappa shape index (κ2) is 9.35. The van der Waals surface area contributed by atoms with E-state index in [2.05, 4.69) is 25.9 Å². The summed E-state index contributed by atoms with van der Waals surface area (Å²) in [5.41, 5.74) is 3.40. The van der Waals surface area contributed by atoms with Crippen molar-refractivity contribution in [3.8, 4) is 0 Å². The van der Waals surface area contributed by atoms with E-state index in [0.717, 1.165) is 12.1 Å². The van der Waals surface area contributed by atoms with Crippen LogP contribution in [0.4, 0.5) is 16.0 Å². The van der Waals surface area contributed by atoms with Crippen LogP contribution in [0.3, 0.4) is 0 Å². The summed E-state index contributed by atoms with van der Waals surface area (Å²) >= 11 is 0. The van der Waals surface area contributed by atoms with Crippen molar-refractivity contribution in [3.63, 3.8) is 0 Å². The van der Waals surface area contributed by atoms with Crippen molar-refractivity contribution in [2.75, 3.05) is 5.32 Å². The molecule has 1 aromatic heterocycles. The molecule has 3 aromatic rings. The zero-order valence-corrected chi connectivity index (χ0v) is 16.2. The number of hydrogen-bond donors (Lipinski definition) is 2. The average Bonchev–Trinajstić information content (AvgIpc) is 3.21. The molecule has 0 spiro atoms. The lowest BCUT2D eigenvalue weighted by molar-refractivity contribution is -0.394. The highest BCUT2D eigenvalue weighted by atomic mass is 19.1. The molecule has 12 heteroatoms. The van der Waals surface area contributed by atoms with Gasteiger partial charge in [-0.1, -0.05) is 17.1 Å². The minimum atomic E-state index is -0.720. The van der Waals surface area contributed by atoms with Crippen molar-refractivity contribution in [3.05, 3.63) is 81.9 Å². The number of para-hydroxylation sites is 1. The molecule has 31 heavy (non-hydrogen) atoms. The summed E-state index contributed by atoms with van der Waals surface area (Å²) in [6.45, 7) is 1.67. The molecule has 0 saturated carbocycles. The van der Waals surface area contributed by atoms with E-state index in [9.17, 15) is 24.1 Å². The number of hydrazone groups is 1. The van der Waals surface area contributed by atoms with Gasteiger partial charge in [-0.15, -0.1) is 0 Å². The monoisotopic (exact) mass is 425 g/mol. The van der Waals surface area contributed by atoms with Gasteiger partial charge in [0.25, 0.3) is 11.8 Å². The Bertz CT molecular complexity index is 1160. The van der Waals surface area contributed by atoms with Gasteiger partial charge < -0.3 is 15.4 Å². The van der Waals surface area contributed by atoms with Gasteiger partial charge in [0.2, 0.25) is 6.33 Å². The van der Waals surface area contributed by atoms with E-state index in [1.165, 1.54) is 29.2 Å². The number of aromatic nitrogens is 3. The molecule has 3 rings (SSSR count). The summed E-state index contributed by atoms with van der Waals surface area (Å²) < 4.78 is 14.2. The van der Waals surface area contributed by atoms with Gasteiger partial charge in [0, 0.05) is 10.7 Å². The van der Waals surface area contributed by atoms with Crippen LogP contribution in [-0.2, 0) is 6.54 Å². The van der Waals surface area contributed by atoms with Crippen molar-refractivity contribution >= 4 is 29.2 Å². The highest BCUT2D eigenvalue weighted by Crippen LogP contribution is 2.16. The second-order valence-electron chi connectivity index (χ2n) is 6.29. The van der Waals surface area contributed by atoms with Crippen LogP contribution in [0, 0.1) is 15.9 Å². The van der Waals surface area contributed by atoms with Gasteiger partial charge in [-0.05, 0) is 48.2 Å². The number of amides is 2. The van der Waals surface area contributed by atoms with Gasteiger partial charge in [-0.2, -0.15) is 9.78 Å². The fourth-order valence-electron chi connectivity index (χ4n) is 2.51. The van der Waals surface area contributed by atoms with Crippen LogP contribution in [-0.4, -0.2) is 37.2 Å². The summed E-state index contributed by atoms with van der Waals surface area (Å²) in [5, 5.41) is 20.8. The molecule has 0 fully saturated rings. The molecule has 0 aliphatic rings. The number of benzene rings is 2. The van der Waals surface area contributed by atoms with E-state index in [1.54, 1.807) is 25.1 Å². The number of carbonyl (C=O) groups is 2. The topological polar surface area (TPSA) is 144 Å². The summed E-state index contributed by atoms with van der Waals surface area (Å²) in [7, 11) is 0. The highest BCUT2D eigenvalue weighted by molar-refractivity contribution is 6.09. The fourth-order valence-corrected chi connectivity index (χ4v) is 2.51. The van der Waals surface area contributed by atoms with E-state index in [0.29, 0.717) is 5.71 Å². The molecular formula is C19H16FN7O4. The molecule has 2 aromatic carbocycles. The smallest absolute Gasteiger partial charge is 0.390 e. The van der Waals surface area contributed by atoms with Gasteiger partial charge in [-0.3, -0.25) is 9.59 Å². The highest BCUT2D eigenvalue weighted by Gasteiger charge is 2.15. The minimum absolute atomic E-state index is 0.0735. The third kappa shape index (κ3) is 5.53. The predicted octanol–water partition coefficient (Wildman–Crippen LogP) is 2.38. The largest absolute Gasteiger partial charge is 0.490 e. The second-order valence-corrected chi connectivity index (χ2v) is 6.29. The van der Waals surface area contributed by atoms with Crippen LogP contribution < -0.4 is 10.7 Å². The number of nitro groups is 1. The van der Waals surface area contributed by atoms with E-state index in [1.807, 2.05) is 0 Å². The van der Waals surface area contributed by atoms with Crippen LogP contribution in [0.2, 0.25) is 0 Å². The lowest BCUT2D eigenvalue weighted by Gasteiger charge is -2.10. The summed E-state index contributed by atoms with van der Waals surface area (Å²) in [4.78, 5) is 38.3. The first kappa shape index (κ1) is 21.2. The Morgan fingerprint density at radius 1 is 1.16 bits per heavy atom. The first-order valence-electron chi connectivity index (χ1n) is 8.87. The van der Waals surface area contributed by atoms with Gasteiger partial charge in [-0.25, -0.2) is 9.82 Å². The van der Waals surface area contributed by atoms with Crippen molar-refractivity contribution in [1.29, 1.82) is 0 Å². The summed E-state index contributed by atoms with van der Waals surface area (Å²) in [6.07, 6.45) is 1.18. The Morgan fingerprint density at radius 2 is 1.87 bits per heavy atom. The normalized spacial score (nSPS) is 11.1. The quantitative estimate of drug-likeness (QED) is 0.338. The lowest BCUT2D eigenvalue weighted by Crippen LogP contribution is -2.23.